The molecule has 1 fully saturated rings. The van der Waals surface area contributed by atoms with Crippen molar-refractivity contribution in [3.8, 4) is 0 Å². The second-order valence-electron chi connectivity index (χ2n) is 7.93. The Kier molecular flexibility index (Phi) is 3.84. The quantitative estimate of drug-likeness (QED) is 0.608. The van der Waals surface area contributed by atoms with Crippen LogP contribution in [0.1, 0.15) is 40.2 Å². The van der Waals surface area contributed by atoms with Crippen LogP contribution in [0.25, 0.3) is 0 Å². The van der Waals surface area contributed by atoms with E-state index in [2.05, 4.69) is 0 Å². The van der Waals surface area contributed by atoms with E-state index in [4.69, 9.17) is 14.5 Å². The number of carbonyl (C=O) groups is 2. The molecule has 1 aromatic carbocycles. The van der Waals surface area contributed by atoms with Gasteiger partial charge in [0.2, 0.25) is 5.79 Å². The van der Waals surface area contributed by atoms with Gasteiger partial charge in [-0.15, -0.1) is 0 Å². The predicted octanol–water partition coefficient (Wildman–Crippen LogP) is 3.34. The van der Waals surface area contributed by atoms with Crippen LogP contribution >= 0.6 is 0 Å². The third kappa shape index (κ3) is 2.19. The number of fused-ring (bicyclic) bond motifs is 1. The van der Waals surface area contributed by atoms with Gasteiger partial charge in [0.15, 0.2) is 11.6 Å². The van der Waals surface area contributed by atoms with Crippen LogP contribution in [0.5, 0.6) is 0 Å². The standard InChI is InChI=1S/C20H24O5/c1-17(2)15(21)14-12-19(5,13-10-8-7-9-11-13)24-25-20(14,23-6)18(3,4)16(17)22/h7-12H,1-6H3/t19-,20+/m1/s1. The smallest absolute Gasteiger partial charge is 0.243 e. The number of ether oxygens (including phenoxy) is 1. The molecule has 0 unspecified atom stereocenters. The summed E-state index contributed by atoms with van der Waals surface area (Å²) in [4.78, 5) is 37.5. The molecule has 1 aliphatic carbocycles. The molecule has 0 spiro atoms. The van der Waals surface area contributed by atoms with Gasteiger partial charge in [-0.3, -0.25) is 9.59 Å². The molecule has 1 aromatic rings. The van der Waals surface area contributed by atoms with Crippen molar-refractivity contribution >= 4 is 11.6 Å². The number of hydrogen-bond acceptors (Lipinski definition) is 5. The third-order valence-corrected chi connectivity index (χ3v) is 5.51. The average Bonchev–Trinajstić information content (AvgIpc) is 2.60. The van der Waals surface area contributed by atoms with Crippen molar-refractivity contribution in [3.05, 3.63) is 47.5 Å². The normalized spacial score (nSPS) is 33.6. The second kappa shape index (κ2) is 5.34. The van der Waals surface area contributed by atoms with Gasteiger partial charge in [0, 0.05) is 7.11 Å². The van der Waals surface area contributed by atoms with Crippen LogP contribution in [-0.4, -0.2) is 24.5 Å². The predicted molar refractivity (Wildman–Crippen MR) is 91.4 cm³/mol. The Labute approximate surface area is 147 Å². The molecule has 5 nitrogen and oxygen atoms in total. The zero-order valence-electron chi connectivity index (χ0n) is 15.5. The molecule has 2 aliphatic rings. The van der Waals surface area contributed by atoms with Crippen LogP contribution in [0.4, 0.5) is 0 Å². The van der Waals surface area contributed by atoms with E-state index in [1.54, 1.807) is 33.8 Å². The lowest BCUT2D eigenvalue weighted by molar-refractivity contribution is -0.472. The van der Waals surface area contributed by atoms with E-state index in [9.17, 15) is 9.59 Å². The van der Waals surface area contributed by atoms with Crippen LogP contribution < -0.4 is 0 Å². The van der Waals surface area contributed by atoms with Gasteiger partial charge in [-0.2, -0.15) is 4.89 Å². The van der Waals surface area contributed by atoms with Crippen LogP contribution in [-0.2, 0) is 29.7 Å². The van der Waals surface area contributed by atoms with E-state index in [-0.39, 0.29) is 11.6 Å². The highest BCUT2D eigenvalue weighted by molar-refractivity contribution is 6.19. The van der Waals surface area contributed by atoms with Crippen LogP contribution in [0.3, 0.4) is 0 Å². The molecule has 3 rings (SSSR count). The highest BCUT2D eigenvalue weighted by Gasteiger charge is 2.68. The van der Waals surface area contributed by atoms with E-state index in [1.165, 1.54) is 7.11 Å². The van der Waals surface area contributed by atoms with Gasteiger partial charge < -0.3 is 4.74 Å². The maximum Gasteiger partial charge on any atom is 0.243 e. The van der Waals surface area contributed by atoms with E-state index in [1.807, 2.05) is 37.3 Å². The molecule has 0 radical (unpaired) electrons. The largest absolute Gasteiger partial charge is 0.346 e. The number of hydrogen-bond donors (Lipinski definition) is 0. The molecule has 0 aromatic heterocycles. The van der Waals surface area contributed by atoms with Gasteiger partial charge >= 0.3 is 0 Å². The minimum Gasteiger partial charge on any atom is -0.346 e. The zero-order valence-corrected chi connectivity index (χ0v) is 15.5. The summed E-state index contributed by atoms with van der Waals surface area (Å²) in [6.45, 7) is 8.55. The van der Waals surface area contributed by atoms with Gasteiger partial charge in [-0.05, 0) is 46.3 Å². The lowest BCUT2D eigenvalue weighted by Gasteiger charge is -2.54. The molecular formula is C20H24O5. The van der Waals surface area contributed by atoms with Crippen LogP contribution in [0.15, 0.2) is 42.0 Å². The molecule has 1 aliphatic heterocycles. The Balaban J connectivity index is 2.24. The Bertz CT molecular complexity index is 762. The fourth-order valence-corrected chi connectivity index (χ4v) is 3.91. The first-order chi connectivity index (χ1) is 11.5. The summed E-state index contributed by atoms with van der Waals surface area (Å²) in [5.74, 6) is -2.11. The first-order valence-corrected chi connectivity index (χ1v) is 8.33. The molecule has 5 heteroatoms. The maximum absolute atomic E-state index is 13.2. The molecule has 1 saturated carbocycles. The molecule has 0 N–H and O–H groups in total. The molecular weight excluding hydrogens is 320 g/mol. The number of ketones is 2. The monoisotopic (exact) mass is 344 g/mol. The molecule has 0 bridgehead atoms. The molecule has 134 valence electrons. The SMILES string of the molecule is CO[C@]12OO[C@@](C)(c3ccccc3)C=C1C(=O)C(C)(C)C(=O)C2(C)C. The maximum atomic E-state index is 13.2. The number of methoxy groups -OCH3 is 1. The Morgan fingerprint density at radius 2 is 1.52 bits per heavy atom. The highest BCUT2D eigenvalue weighted by Crippen LogP contribution is 2.55. The van der Waals surface area contributed by atoms with E-state index in [0.29, 0.717) is 5.57 Å². The topological polar surface area (TPSA) is 61.8 Å². The van der Waals surface area contributed by atoms with Gasteiger partial charge in [0.05, 0.1) is 16.4 Å². The van der Waals surface area contributed by atoms with Crippen molar-refractivity contribution in [1.29, 1.82) is 0 Å². The van der Waals surface area contributed by atoms with E-state index >= 15 is 0 Å². The minimum atomic E-state index is -1.56. The molecule has 1 heterocycles. The summed E-state index contributed by atoms with van der Waals surface area (Å²) in [5.41, 5.74) is -2.05. The number of rotatable bonds is 2. The van der Waals surface area contributed by atoms with Gasteiger partial charge in [0.25, 0.3) is 0 Å². The summed E-state index contributed by atoms with van der Waals surface area (Å²) in [5, 5.41) is 0. The minimum absolute atomic E-state index is 0.240. The summed E-state index contributed by atoms with van der Waals surface area (Å²) in [6.07, 6.45) is 1.73. The molecule has 25 heavy (non-hydrogen) atoms. The first-order valence-electron chi connectivity index (χ1n) is 8.33. The highest BCUT2D eigenvalue weighted by atomic mass is 17.2. The Hall–Kier alpha value is -1.82. The van der Waals surface area contributed by atoms with E-state index < -0.39 is 22.2 Å². The van der Waals surface area contributed by atoms with Crippen LogP contribution in [0.2, 0.25) is 0 Å². The zero-order chi connectivity index (χ0) is 18.7. The van der Waals surface area contributed by atoms with Crippen molar-refractivity contribution in [3.63, 3.8) is 0 Å². The lowest BCUT2D eigenvalue weighted by atomic mass is 9.57. The fraction of sp³-hybridized carbons (Fsp3) is 0.500. The lowest BCUT2D eigenvalue weighted by Crippen LogP contribution is -2.67. The van der Waals surface area contributed by atoms with Crippen molar-refractivity contribution in [2.75, 3.05) is 7.11 Å². The summed E-state index contributed by atoms with van der Waals surface area (Å²) >= 11 is 0. The van der Waals surface area contributed by atoms with Crippen molar-refractivity contribution in [1.82, 2.24) is 0 Å². The summed E-state index contributed by atoms with van der Waals surface area (Å²) in [7, 11) is 1.42. The Morgan fingerprint density at radius 1 is 0.920 bits per heavy atom. The second-order valence-corrected chi connectivity index (χ2v) is 7.93. The summed E-state index contributed by atoms with van der Waals surface area (Å²) < 4.78 is 5.60. The Morgan fingerprint density at radius 3 is 2.08 bits per heavy atom. The van der Waals surface area contributed by atoms with Gasteiger partial charge in [0.1, 0.15) is 5.60 Å². The van der Waals surface area contributed by atoms with E-state index in [0.717, 1.165) is 5.56 Å². The fourth-order valence-electron chi connectivity index (χ4n) is 3.91. The average molecular weight is 344 g/mol. The molecule has 0 saturated heterocycles. The van der Waals surface area contributed by atoms with Crippen LogP contribution in [0, 0.1) is 10.8 Å². The number of benzene rings is 1. The molecule has 0 amide bonds. The summed E-state index contributed by atoms with van der Waals surface area (Å²) in [6, 6.07) is 9.48. The number of Topliss-reactive ketones (excluding diaryl/α,β-unsaturated/α-hetero) is 2. The van der Waals surface area contributed by atoms with Crippen molar-refractivity contribution in [2.45, 2.75) is 46.0 Å². The van der Waals surface area contributed by atoms with Gasteiger partial charge in [-0.25, -0.2) is 4.89 Å². The first kappa shape index (κ1) is 18.0. The third-order valence-electron chi connectivity index (χ3n) is 5.51. The number of carbonyl (C=O) groups excluding carboxylic acids is 2. The van der Waals surface area contributed by atoms with Crippen molar-refractivity contribution < 1.29 is 24.1 Å². The van der Waals surface area contributed by atoms with Crippen molar-refractivity contribution in [2.24, 2.45) is 10.8 Å². The van der Waals surface area contributed by atoms with Gasteiger partial charge in [-0.1, -0.05) is 30.3 Å². The molecule has 2 atom stereocenters.